The Labute approximate surface area is 170 Å². The monoisotopic (exact) mass is 402 g/mol. The molecule has 0 atom stereocenters. The van der Waals surface area contributed by atoms with Gasteiger partial charge in [0.15, 0.2) is 17.2 Å². The van der Waals surface area contributed by atoms with Gasteiger partial charge in [0.1, 0.15) is 5.39 Å². The average Bonchev–Trinajstić information content (AvgIpc) is 3.40. The molecular weight excluding hydrogens is 388 g/mol. The van der Waals surface area contributed by atoms with E-state index in [1.807, 2.05) is 43.3 Å². The molecule has 2 aromatic carbocycles. The first-order valence-electron chi connectivity index (χ1n) is 8.99. The molecule has 5 rings (SSSR count). The number of rotatable bonds is 3. The predicted molar refractivity (Wildman–Crippen MR) is 112 cm³/mol. The van der Waals surface area contributed by atoms with Gasteiger partial charge >= 0.3 is 0 Å². The third-order valence-electron chi connectivity index (χ3n) is 4.71. The van der Waals surface area contributed by atoms with Crippen molar-refractivity contribution in [2.24, 2.45) is 0 Å². The summed E-state index contributed by atoms with van der Waals surface area (Å²) in [5, 5.41) is 5.43. The summed E-state index contributed by atoms with van der Waals surface area (Å²) in [4.78, 5) is 18.2. The van der Waals surface area contributed by atoms with E-state index in [0.29, 0.717) is 33.3 Å². The van der Waals surface area contributed by atoms with Crippen molar-refractivity contribution < 1.29 is 4.42 Å². The van der Waals surface area contributed by atoms with Crippen LogP contribution in [-0.2, 0) is 0 Å². The van der Waals surface area contributed by atoms with E-state index < -0.39 is 0 Å². The van der Waals surface area contributed by atoms with Crippen molar-refractivity contribution in [3.05, 3.63) is 94.1 Å². The van der Waals surface area contributed by atoms with Crippen molar-refractivity contribution >= 4 is 22.6 Å². The zero-order valence-electron chi connectivity index (χ0n) is 15.4. The highest BCUT2D eigenvalue weighted by atomic mass is 35.5. The molecule has 7 heteroatoms. The Kier molecular flexibility index (Phi) is 4.07. The second-order valence-corrected chi connectivity index (χ2v) is 7.10. The van der Waals surface area contributed by atoms with Gasteiger partial charge in [-0.3, -0.25) is 9.36 Å². The Bertz CT molecular complexity index is 1370. The van der Waals surface area contributed by atoms with Crippen LogP contribution >= 0.6 is 11.6 Å². The summed E-state index contributed by atoms with van der Waals surface area (Å²) in [7, 11) is 0. The number of hydrogen-bond acceptors (Lipinski definition) is 4. The van der Waals surface area contributed by atoms with E-state index in [0.717, 1.165) is 11.3 Å². The van der Waals surface area contributed by atoms with Crippen LogP contribution in [0, 0.1) is 6.92 Å². The SMILES string of the molecule is Cc1ccc(-n2c(-c3ccco3)nc3c(cnn3-c3ccc(Cl)cc3)c2=O)cc1. The van der Waals surface area contributed by atoms with Crippen LogP contribution in [0.25, 0.3) is 34.0 Å². The molecule has 0 aliphatic rings. The first kappa shape index (κ1) is 17.5. The standard InChI is InChI=1S/C22H15ClN4O2/c1-14-4-8-16(9-5-14)26-21(19-3-2-12-29-19)25-20-18(22(26)28)13-24-27(20)17-10-6-15(23)7-11-17/h2-13H,1H3. The quantitative estimate of drug-likeness (QED) is 0.435. The first-order chi connectivity index (χ1) is 14.1. The van der Waals surface area contributed by atoms with Gasteiger partial charge in [0.25, 0.3) is 5.56 Å². The van der Waals surface area contributed by atoms with E-state index >= 15 is 0 Å². The summed E-state index contributed by atoms with van der Waals surface area (Å²) in [6.45, 7) is 2.00. The van der Waals surface area contributed by atoms with Crippen LogP contribution in [0.4, 0.5) is 0 Å². The normalized spacial score (nSPS) is 11.2. The van der Waals surface area contributed by atoms with Crippen LogP contribution in [0.15, 0.2) is 82.3 Å². The highest BCUT2D eigenvalue weighted by Gasteiger charge is 2.19. The van der Waals surface area contributed by atoms with Gasteiger partial charge in [0.05, 0.1) is 23.8 Å². The van der Waals surface area contributed by atoms with Crippen LogP contribution in [0.1, 0.15) is 5.56 Å². The second-order valence-electron chi connectivity index (χ2n) is 6.66. The highest BCUT2D eigenvalue weighted by Crippen LogP contribution is 2.24. The maximum atomic E-state index is 13.4. The van der Waals surface area contributed by atoms with Crippen LogP contribution < -0.4 is 5.56 Å². The summed E-state index contributed by atoms with van der Waals surface area (Å²) in [5.74, 6) is 0.903. The molecule has 142 valence electrons. The molecule has 3 aromatic heterocycles. The van der Waals surface area contributed by atoms with E-state index in [4.69, 9.17) is 21.0 Å². The lowest BCUT2D eigenvalue weighted by atomic mass is 10.2. The number of aromatic nitrogens is 4. The Morgan fingerprint density at radius 2 is 1.69 bits per heavy atom. The zero-order chi connectivity index (χ0) is 20.0. The van der Waals surface area contributed by atoms with Gasteiger partial charge in [0, 0.05) is 5.02 Å². The maximum Gasteiger partial charge on any atom is 0.269 e. The number of halogens is 1. The lowest BCUT2D eigenvalue weighted by Gasteiger charge is -2.12. The summed E-state index contributed by atoms with van der Waals surface area (Å²) < 4.78 is 8.75. The summed E-state index contributed by atoms with van der Waals surface area (Å²) in [6.07, 6.45) is 3.09. The van der Waals surface area contributed by atoms with Crippen LogP contribution in [0.2, 0.25) is 5.02 Å². The molecule has 3 heterocycles. The summed E-state index contributed by atoms with van der Waals surface area (Å²) in [5.41, 5.74) is 2.80. The molecule has 0 amide bonds. The van der Waals surface area contributed by atoms with Crippen molar-refractivity contribution in [3.63, 3.8) is 0 Å². The summed E-state index contributed by atoms with van der Waals surface area (Å²) >= 11 is 6.00. The largest absolute Gasteiger partial charge is 0.461 e. The van der Waals surface area contributed by atoms with Crippen molar-refractivity contribution in [3.8, 4) is 23.0 Å². The van der Waals surface area contributed by atoms with Crippen LogP contribution in [0.5, 0.6) is 0 Å². The molecule has 29 heavy (non-hydrogen) atoms. The number of furan rings is 1. The lowest BCUT2D eigenvalue weighted by molar-refractivity contribution is 0.574. The molecule has 0 aliphatic carbocycles. The van der Waals surface area contributed by atoms with Gasteiger partial charge in [0.2, 0.25) is 0 Å². The molecule has 0 spiro atoms. The predicted octanol–water partition coefficient (Wildman–Crippen LogP) is 4.79. The zero-order valence-corrected chi connectivity index (χ0v) is 16.2. The van der Waals surface area contributed by atoms with Crippen LogP contribution in [-0.4, -0.2) is 19.3 Å². The number of hydrogen-bond donors (Lipinski definition) is 0. The minimum absolute atomic E-state index is 0.217. The van der Waals surface area contributed by atoms with Gasteiger partial charge in [-0.15, -0.1) is 0 Å². The fraction of sp³-hybridized carbons (Fsp3) is 0.0455. The molecule has 0 bridgehead atoms. The topological polar surface area (TPSA) is 65.8 Å². The third-order valence-corrected chi connectivity index (χ3v) is 4.96. The minimum Gasteiger partial charge on any atom is -0.461 e. The number of fused-ring (bicyclic) bond motifs is 1. The molecule has 0 radical (unpaired) electrons. The van der Waals surface area contributed by atoms with E-state index in [1.165, 1.54) is 6.20 Å². The molecule has 5 aromatic rings. The highest BCUT2D eigenvalue weighted by molar-refractivity contribution is 6.30. The van der Waals surface area contributed by atoms with Crippen molar-refractivity contribution in [1.29, 1.82) is 0 Å². The van der Waals surface area contributed by atoms with Gasteiger partial charge in [-0.25, -0.2) is 9.67 Å². The molecule has 0 fully saturated rings. The minimum atomic E-state index is -0.217. The van der Waals surface area contributed by atoms with E-state index in [9.17, 15) is 4.79 Å². The van der Waals surface area contributed by atoms with Gasteiger partial charge in [-0.05, 0) is 55.5 Å². The smallest absolute Gasteiger partial charge is 0.269 e. The average molecular weight is 403 g/mol. The lowest BCUT2D eigenvalue weighted by Crippen LogP contribution is -2.21. The molecular formula is C22H15ClN4O2. The fourth-order valence-corrected chi connectivity index (χ4v) is 3.37. The van der Waals surface area contributed by atoms with Crippen LogP contribution in [0.3, 0.4) is 0 Å². The Morgan fingerprint density at radius 1 is 0.966 bits per heavy atom. The Balaban J connectivity index is 1.83. The Hall–Kier alpha value is -3.64. The molecule has 0 aliphatic heterocycles. The van der Waals surface area contributed by atoms with E-state index in [1.54, 1.807) is 39.8 Å². The van der Waals surface area contributed by atoms with E-state index in [2.05, 4.69) is 5.10 Å². The molecule has 6 nitrogen and oxygen atoms in total. The maximum absolute atomic E-state index is 13.4. The third kappa shape index (κ3) is 2.94. The van der Waals surface area contributed by atoms with Crippen molar-refractivity contribution in [2.75, 3.05) is 0 Å². The number of nitrogens with zero attached hydrogens (tertiary/aromatic N) is 4. The molecule has 0 N–H and O–H groups in total. The number of aryl methyl sites for hydroxylation is 1. The second kappa shape index (κ2) is 6.76. The van der Waals surface area contributed by atoms with Crippen molar-refractivity contribution in [1.82, 2.24) is 19.3 Å². The van der Waals surface area contributed by atoms with Gasteiger partial charge < -0.3 is 4.42 Å². The molecule has 0 saturated heterocycles. The van der Waals surface area contributed by atoms with Gasteiger partial charge in [-0.1, -0.05) is 29.3 Å². The van der Waals surface area contributed by atoms with Crippen molar-refractivity contribution in [2.45, 2.75) is 6.92 Å². The Morgan fingerprint density at radius 3 is 2.38 bits per heavy atom. The summed E-state index contributed by atoms with van der Waals surface area (Å²) in [6, 6.07) is 18.4. The number of benzene rings is 2. The fourth-order valence-electron chi connectivity index (χ4n) is 3.24. The van der Waals surface area contributed by atoms with Gasteiger partial charge in [-0.2, -0.15) is 5.10 Å². The van der Waals surface area contributed by atoms with E-state index in [-0.39, 0.29) is 5.56 Å². The molecule has 0 saturated carbocycles. The first-order valence-corrected chi connectivity index (χ1v) is 9.37. The molecule has 0 unspecified atom stereocenters.